The second-order valence-corrected chi connectivity index (χ2v) is 8.04. The van der Waals surface area contributed by atoms with E-state index in [0.717, 1.165) is 20.9 Å². The van der Waals surface area contributed by atoms with Gasteiger partial charge in [0.2, 0.25) is 0 Å². The molecular formula is C23H20BrN5O3. The fraction of sp³-hybridized carbons (Fsp3) is 0.130. The molecule has 8 nitrogen and oxygen atoms in total. The van der Waals surface area contributed by atoms with Crippen LogP contribution in [0, 0.1) is 6.92 Å². The minimum atomic E-state index is -0.824. The van der Waals surface area contributed by atoms with Gasteiger partial charge in [0.25, 0.3) is 11.8 Å². The van der Waals surface area contributed by atoms with E-state index < -0.39 is 17.9 Å². The van der Waals surface area contributed by atoms with Crippen molar-refractivity contribution in [3.8, 4) is 11.4 Å². The SMILES string of the molecule is Cc1c(C(=O)NNC(=O)C(C)Oc2ccc3ccccc3c2)nnn1-c1cccc(Br)c1. The van der Waals surface area contributed by atoms with Crippen LogP contribution < -0.4 is 15.6 Å². The number of aromatic nitrogens is 3. The van der Waals surface area contributed by atoms with Gasteiger partial charge in [-0.2, -0.15) is 0 Å². The molecule has 0 fully saturated rings. The molecule has 0 saturated heterocycles. The Kier molecular flexibility index (Phi) is 6.18. The van der Waals surface area contributed by atoms with E-state index in [2.05, 4.69) is 37.1 Å². The van der Waals surface area contributed by atoms with E-state index in [0.29, 0.717) is 11.4 Å². The topological polar surface area (TPSA) is 98.1 Å². The normalized spacial score (nSPS) is 11.7. The Hall–Kier alpha value is -3.72. The molecule has 3 aromatic carbocycles. The molecule has 0 radical (unpaired) electrons. The zero-order valence-corrected chi connectivity index (χ0v) is 19.0. The maximum Gasteiger partial charge on any atom is 0.292 e. The molecule has 0 aliphatic carbocycles. The minimum Gasteiger partial charge on any atom is -0.481 e. The summed E-state index contributed by atoms with van der Waals surface area (Å²) in [5.74, 6) is -0.510. The van der Waals surface area contributed by atoms with Gasteiger partial charge in [0.1, 0.15) is 5.75 Å². The molecule has 2 N–H and O–H groups in total. The maximum absolute atomic E-state index is 12.5. The Bertz CT molecular complexity index is 1300. The summed E-state index contributed by atoms with van der Waals surface area (Å²) in [6.07, 6.45) is -0.824. The number of halogens is 1. The highest BCUT2D eigenvalue weighted by atomic mass is 79.9. The van der Waals surface area contributed by atoms with Crippen LogP contribution >= 0.6 is 15.9 Å². The predicted molar refractivity (Wildman–Crippen MR) is 123 cm³/mol. The number of hydrogen-bond acceptors (Lipinski definition) is 5. The molecule has 0 aliphatic rings. The first kappa shape index (κ1) is 21.5. The molecule has 1 aromatic heterocycles. The first-order valence-corrected chi connectivity index (χ1v) is 10.7. The lowest BCUT2D eigenvalue weighted by Crippen LogP contribution is -2.47. The van der Waals surface area contributed by atoms with Crippen LogP contribution in [0.3, 0.4) is 0 Å². The summed E-state index contributed by atoms with van der Waals surface area (Å²) in [6, 6.07) is 20.9. The number of carbonyl (C=O) groups excluding carboxylic acids is 2. The molecule has 1 atom stereocenters. The van der Waals surface area contributed by atoms with Crippen molar-refractivity contribution < 1.29 is 14.3 Å². The van der Waals surface area contributed by atoms with E-state index in [1.807, 2.05) is 60.7 Å². The molecule has 1 heterocycles. The van der Waals surface area contributed by atoms with Crippen molar-refractivity contribution in [2.45, 2.75) is 20.0 Å². The highest BCUT2D eigenvalue weighted by Crippen LogP contribution is 2.21. The lowest BCUT2D eigenvalue weighted by atomic mass is 10.1. The fourth-order valence-corrected chi connectivity index (χ4v) is 3.56. The van der Waals surface area contributed by atoms with Crippen LogP contribution in [0.2, 0.25) is 0 Å². The van der Waals surface area contributed by atoms with Crippen molar-refractivity contribution in [2.75, 3.05) is 0 Å². The van der Waals surface area contributed by atoms with E-state index in [9.17, 15) is 9.59 Å². The molecule has 0 bridgehead atoms. The molecule has 1 unspecified atom stereocenters. The average Bonchev–Trinajstić information content (AvgIpc) is 3.18. The summed E-state index contributed by atoms with van der Waals surface area (Å²) in [5.41, 5.74) is 6.14. The molecule has 0 saturated carbocycles. The van der Waals surface area contributed by atoms with Crippen LogP contribution in [0.4, 0.5) is 0 Å². The first-order valence-electron chi connectivity index (χ1n) is 9.86. The quantitative estimate of drug-likeness (QED) is 0.413. The van der Waals surface area contributed by atoms with Crippen molar-refractivity contribution in [3.05, 3.63) is 82.6 Å². The van der Waals surface area contributed by atoms with Gasteiger partial charge in [-0.15, -0.1) is 5.10 Å². The lowest BCUT2D eigenvalue weighted by Gasteiger charge is -2.15. The number of nitrogens with one attached hydrogen (secondary N) is 2. The van der Waals surface area contributed by atoms with E-state index in [-0.39, 0.29) is 5.69 Å². The lowest BCUT2D eigenvalue weighted by molar-refractivity contribution is -0.128. The monoisotopic (exact) mass is 493 g/mol. The van der Waals surface area contributed by atoms with Crippen molar-refractivity contribution in [1.82, 2.24) is 25.8 Å². The van der Waals surface area contributed by atoms with Crippen LogP contribution in [0.15, 0.2) is 71.2 Å². The van der Waals surface area contributed by atoms with E-state index >= 15 is 0 Å². The van der Waals surface area contributed by atoms with Gasteiger partial charge in [-0.3, -0.25) is 20.4 Å². The average molecular weight is 494 g/mol. The maximum atomic E-state index is 12.5. The number of carbonyl (C=O) groups is 2. The Balaban J connectivity index is 1.37. The van der Waals surface area contributed by atoms with Crippen molar-refractivity contribution in [2.24, 2.45) is 0 Å². The summed E-state index contributed by atoms with van der Waals surface area (Å²) < 4.78 is 8.15. The van der Waals surface area contributed by atoms with Crippen LogP contribution in [-0.2, 0) is 4.79 Å². The standard InChI is InChI=1S/C23H20BrN5O3/c1-14-21(25-28-29(14)19-9-5-8-18(24)13-19)23(31)27-26-22(30)15(2)32-20-11-10-16-6-3-4-7-17(16)12-20/h3-13,15H,1-2H3,(H,26,30)(H,27,31). The number of ether oxygens (including phenoxy) is 1. The van der Waals surface area contributed by atoms with Gasteiger partial charge in [0, 0.05) is 4.47 Å². The van der Waals surface area contributed by atoms with Gasteiger partial charge >= 0.3 is 0 Å². The number of benzene rings is 3. The van der Waals surface area contributed by atoms with Crippen LogP contribution in [0.1, 0.15) is 23.1 Å². The summed E-state index contributed by atoms with van der Waals surface area (Å²) in [7, 11) is 0. The summed E-state index contributed by atoms with van der Waals surface area (Å²) in [6.45, 7) is 3.33. The molecule has 0 aliphatic heterocycles. The molecule has 9 heteroatoms. The number of hydrazine groups is 1. The smallest absolute Gasteiger partial charge is 0.292 e. The third-order valence-electron chi connectivity index (χ3n) is 4.86. The second kappa shape index (κ2) is 9.19. The number of fused-ring (bicyclic) bond motifs is 1. The van der Waals surface area contributed by atoms with Crippen LogP contribution in [-0.4, -0.2) is 32.9 Å². The summed E-state index contributed by atoms with van der Waals surface area (Å²) >= 11 is 3.41. The van der Waals surface area contributed by atoms with Gasteiger partial charge < -0.3 is 4.74 Å². The van der Waals surface area contributed by atoms with Crippen LogP contribution in [0.5, 0.6) is 5.75 Å². The molecule has 4 aromatic rings. The Morgan fingerprint density at radius 3 is 2.56 bits per heavy atom. The molecular weight excluding hydrogens is 474 g/mol. The number of rotatable bonds is 5. The fourth-order valence-electron chi connectivity index (χ4n) is 3.17. The molecule has 32 heavy (non-hydrogen) atoms. The molecule has 2 amide bonds. The van der Waals surface area contributed by atoms with Crippen molar-refractivity contribution in [3.63, 3.8) is 0 Å². The van der Waals surface area contributed by atoms with E-state index in [4.69, 9.17) is 4.74 Å². The Morgan fingerprint density at radius 1 is 1.00 bits per heavy atom. The first-order chi connectivity index (χ1) is 15.4. The van der Waals surface area contributed by atoms with Crippen molar-refractivity contribution in [1.29, 1.82) is 0 Å². The second-order valence-electron chi connectivity index (χ2n) is 7.13. The highest BCUT2D eigenvalue weighted by molar-refractivity contribution is 9.10. The Morgan fingerprint density at radius 2 is 1.78 bits per heavy atom. The summed E-state index contributed by atoms with van der Waals surface area (Å²) in [4.78, 5) is 24.9. The molecule has 162 valence electrons. The largest absolute Gasteiger partial charge is 0.481 e. The van der Waals surface area contributed by atoms with E-state index in [1.165, 1.54) is 0 Å². The number of amides is 2. The Labute approximate surface area is 192 Å². The third kappa shape index (κ3) is 4.62. The van der Waals surface area contributed by atoms with Crippen LogP contribution in [0.25, 0.3) is 16.5 Å². The van der Waals surface area contributed by atoms with Gasteiger partial charge in [0.15, 0.2) is 11.8 Å². The number of nitrogens with zero attached hydrogens (tertiary/aromatic N) is 3. The van der Waals surface area contributed by atoms with Gasteiger partial charge in [-0.05, 0) is 55.0 Å². The summed E-state index contributed by atoms with van der Waals surface area (Å²) in [5, 5.41) is 10.1. The minimum absolute atomic E-state index is 0.105. The highest BCUT2D eigenvalue weighted by Gasteiger charge is 2.20. The zero-order chi connectivity index (χ0) is 22.7. The van der Waals surface area contributed by atoms with Crippen molar-refractivity contribution >= 4 is 38.5 Å². The van der Waals surface area contributed by atoms with Gasteiger partial charge in [-0.1, -0.05) is 57.5 Å². The zero-order valence-electron chi connectivity index (χ0n) is 17.4. The van der Waals surface area contributed by atoms with Gasteiger partial charge in [-0.25, -0.2) is 4.68 Å². The molecule has 4 rings (SSSR count). The molecule has 0 spiro atoms. The van der Waals surface area contributed by atoms with Gasteiger partial charge in [0.05, 0.1) is 11.4 Å². The van der Waals surface area contributed by atoms with E-state index in [1.54, 1.807) is 24.6 Å². The third-order valence-corrected chi connectivity index (χ3v) is 5.36. The number of hydrogen-bond donors (Lipinski definition) is 2. The predicted octanol–water partition coefficient (Wildman–Crippen LogP) is 3.72.